The summed E-state index contributed by atoms with van der Waals surface area (Å²) in [6.07, 6.45) is 12.4. The van der Waals surface area contributed by atoms with E-state index in [0.717, 1.165) is 61.6 Å². The van der Waals surface area contributed by atoms with Crippen molar-refractivity contribution in [3.63, 3.8) is 0 Å². The van der Waals surface area contributed by atoms with Gasteiger partial charge in [-0.2, -0.15) is 0 Å². The van der Waals surface area contributed by atoms with E-state index >= 15 is 0 Å². The van der Waals surface area contributed by atoms with Crippen LogP contribution in [0.1, 0.15) is 128 Å². The van der Waals surface area contributed by atoms with Crippen molar-refractivity contribution in [1.82, 2.24) is 0 Å². The van der Waals surface area contributed by atoms with Gasteiger partial charge in [0.1, 0.15) is 5.71 Å². The van der Waals surface area contributed by atoms with Gasteiger partial charge in [-0.1, -0.05) is 109 Å². The molecule has 7 nitrogen and oxygen atoms in total. The highest BCUT2D eigenvalue weighted by molar-refractivity contribution is 6.69. The van der Waals surface area contributed by atoms with E-state index in [4.69, 9.17) is 14.5 Å². The lowest BCUT2D eigenvalue weighted by molar-refractivity contribution is -0.164. The summed E-state index contributed by atoms with van der Waals surface area (Å²) in [5.41, 5.74) is 2.98. The van der Waals surface area contributed by atoms with Crippen LogP contribution in [0.5, 0.6) is 0 Å². The third-order valence-electron chi connectivity index (χ3n) is 7.70. The number of oxime groups is 1. The number of benzene rings is 1. The molecule has 0 aliphatic carbocycles. The Morgan fingerprint density at radius 3 is 2.21 bits per heavy atom. The van der Waals surface area contributed by atoms with Gasteiger partial charge in [0.2, 0.25) is 5.71 Å². The highest BCUT2D eigenvalue weighted by atomic mass is 16.6. The van der Waals surface area contributed by atoms with Crippen LogP contribution in [0.4, 0.5) is 0 Å². The van der Waals surface area contributed by atoms with E-state index < -0.39 is 18.0 Å². The Morgan fingerprint density at radius 2 is 1.62 bits per heavy atom. The number of rotatable bonds is 18. The first-order valence-corrected chi connectivity index (χ1v) is 15.1. The van der Waals surface area contributed by atoms with Crippen LogP contribution in [-0.2, 0) is 24.5 Å². The number of aliphatic imine (C=N–C) groups is 1. The van der Waals surface area contributed by atoms with Crippen molar-refractivity contribution in [2.75, 3.05) is 13.2 Å². The third-order valence-corrected chi connectivity index (χ3v) is 7.70. The Kier molecular flexibility index (Phi) is 14.2. The fourth-order valence-corrected chi connectivity index (χ4v) is 5.83. The molecule has 7 heteroatoms. The maximum atomic E-state index is 13.2. The average molecular weight is 543 g/mol. The Hall–Kier alpha value is -2.70. The molecule has 0 amide bonds. The van der Waals surface area contributed by atoms with Crippen molar-refractivity contribution in [3.05, 3.63) is 34.9 Å². The second kappa shape index (κ2) is 17.1. The molecule has 0 spiro atoms. The van der Waals surface area contributed by atoms with Gasteiger partial charge in [0, 0.05) is 17.5 Å². The zero-order chi connectivity index (χ0) is 28.7. The fourth-order valence-electron chi connectivity index (χ4n) is 5.83. The van der Waals surface area contributed by atoms with Crippen molar-refractivity contribution in [2.45, 2.75) is 130 Å². The quantitative estimate of drug-likeness (QED) is 0.0682. The number of hydrogen-bond donors (Lipinski definition) is 1. The smallest absolute Gasteiger partial charge is 0.363 e. The largest absolute Gasteiger partial charge is 0.463 e. The molecule has 2 rings (SSSR count). The second-order valence-corrected chi connectivity index (χ2v) is 10.8. The molecule has 1 heterocycles. The molecule has 1 N–H and O–H groups in total. The topological polar surface area (TPSA) is 97.6 Å². The van der Waals surface area contributed by atoms with Gasteiger partial charge < -0.3 is 14.7 Å². The molecule has 0 saturated carbocycles. The van der Waals surface area contributed by atoms with E-state index in [1.165, 1.54) is 32.1 Å². The number of ether oxygens (including phenoxy) is 2. The standard InChI is InChI=1S/C32H50N2O5/c1-6-10-11-12-13-14-15-16-22-38-30(35)26(9-4)39-31(36)29(34-37)28-25-19-17-18-24(5)27(25)32(20-7-2,21-8-3)23-33-28/h17-19,26,37H,6-16,20-23H2,1-5H3/b34-29+. The normalized spacial score (nSPS) is 15.3. The minimum atomic E-state index is -1.07. The van der Waals surface area contributed by atoms with Crippen molar-refractivity contribution in [3.8, 4) is 0 Å². The summed E-state index contributed by atoms with van der Waals surface area (Å²) < 4.78 is 10.9. The van der Waals surface area contributed by atoms with Gasteiger partial charge in [-0.05, 0) is 43.7 Å². The molecule has 1 aliphatic heterocycles. The summed E-state index contributed by atoms with van der Waals surface area (Å²) in [7, 11) is 0. The molecule has 1 unspecified atom stereocenters. The van der Waals surface area contributed by atoms with Crippen molar-refractivity contribution >= 4 is 23.4 Å². The fraction of sp³-hybridized carbons (Fsp3) is 0.688. The molecule has 1 aromatic carbocycles. The molecular weight excluding hydrogens is 492 g/mol. The lowest BCUT2D eigenvalue weighted by atomic mass is 9.68. The van der Waals surface area contributed by atoms with E-state index in [-0.39, 0.29) is 17.5 Å². The maximum absolute atomic E-state index is 13.2. The number of carbonyl (C=O) groups excluding carboxylic acids is 2. The maximum Gasteiger partial charge on any atom is 0.363 e. The van der Waals surface area contributed by atoms with Gasteiger partial charge in [-0.15, -0.1) is 0 Å². The van der Waals surface area contributed by atoms with Crippen molar-refractivity contribution < 1.29 is 24.3 Å². The van der Waals surface area contributed by atoms with E-state index in [1.807, 2.05) is 12.1 Å². The van der Waals surface area contributed by atoms with Crippen LogP contribution >= 0.6 is 0 Å². The molecule has 0 fully saturated rings. The highest BCUT2D eigenvalue weighted by Gasteiger charge is 2.40. The van der Waals surface area contributed by atoms with E-state index in [2.05, 4.69) is 38.9 Å². The van der Waals surface area contributed by atoms with Gasteiger partial charge in [0.15, 0.2) is 6.10 Å². The SMILES string of the molecule is CCCCCCCCCCOC(=O)C(CC)OC(=O)/C(=N/O)C1=NCC(CCC)(CCC)c2c(C)cccc21. The van der Waals surface area contributed by atoms with Gasteiger partial charge in [0.25, 0.3) is 0 Å². The zero-order valence-electron chi connectivity index (χ0n) is 24.9. The third kappa shape index (κ3) is 8.91. The molecule has 0 radical (unpaired) electrons. The summed E-state index contributed by atoms with van der Waals surface area (Å²) in [6.45, 7) is 11.2. The number of nitrogens with zero attached hydrogens (tertiary/aromatic N) is 2. The van der Waals surface area contributed by atoms with Gasteiger partial charge in [-0.25, -0.2) is 9.59 Å². The van der Waals surface area contributed by atoms with Crippen LogP contribution in [0.15, 0.2) is 28.3 Å². The monoisotopic (exact) mass is 542 g/mol. The highest BCUT2D eigenvalue weighted by Crippen LogP contribution is 2.41. The molecule has 39 heavy (non-hydrogen) atoms. The molecule has 218 valence electrons. The number of fused-ring (bicyclic) bond motifs is 1. The van der Waals surface area contributed by atoms with E-state index in [0.29, 0.717) is 18.9 Å². The first kappa shape index (κ1) is 32.5. The Bertz CT molecular complexity index is 979. The number of unbranched alkanes of at least 4 members (excludes halogenated alkanes) is 7. The summed E-state index contributed by atoms with van der Waals surface area (Å²) in [5.74, 6) is -1.45. The number of aryl methyl sites for hydroxylation is 1. The zero-order valence-corrected chi connectivity index (χ0v) is 24.9. The predicted molar refractivity (Wildman–Crippen MR) is 157 cm³/mol. The van der Waals surface area contributed by atoms with Gasteiger partial charge in [-0.3, -0.25) is 4.99 Å². The molecule has 0 bridgehead atoms. The summed E-state index contributed by atoms with van der Waals surface area (Å²) >= 11 is 0. The minimum absolute atomic E-state index is 0.122. The summed E-state index contributed by atoms with van der Waals surface area (Å²) in [6, 6.07) is 5.93. The van der Waals surface area contributed by atoms with Crippen LogP contribution < -0.4 is 0 Å². The Labute approximate surface area is 235 Å². The average Bonchev–Trinajstić information content (AvgIpc) is 2.92. The van der Waals surface area contributed by atoms with Crippen LogP contribution in [0, 0.1) is 6.92 Å². The lowest BCUT2D eigenvalue weighted by Gasteiger charge is -2.39. The molecule has 1 atom stereocenters. The van der Waals surface area contributed by atoms with Crippen LogP contribution in [0.3, 0.4) is 0 Å². The summed E-state index contributed by atoms with van der Waals surface area (Å²) in [5, 5.41) is 13.2. The van der Waals surface area contributed by atoms with Crippen molar-refractivity contribution in [1.29, 1.82) is 0 Å². The van der Waals surface area contributed by atoms with Crippen LogP contribution in [-0.4, -0.2) is 47.8 Å². The molecule has 1 aromatic rings. The Morgan fingerprint density at radius 1 is 0.974 bits per heavy atom. The van der Waals surface area contributed by atoms with E-state index in [9.17, 15) is 14.8 Å². The van der Waals surface area contributed by atoms with Gasteiger partial charge in [0.05, 0.1) is 6.61 Å². The van der Waals surface area contributed by atoms with Crippen LogP contribution in [0.2, 0.25) is 0 Å². The summed E-state index contributed by atoms with van der Waals surface area (Å²) in [4.78, 5) is 30.6. The first-order valence-electron chi connectivity index (χ1n) is 15.1. The molecular formula is C32H50N2O5. The van der Waals surface area contributed by atoms with Crippen LogP contribution in [0.25, 0.3) is 0 Å². The lowest BCUT2D eigenvalue weighted by Crippen LogP contribution is -2.41. The Balaban J connectivity index is 2.05. The van der Waals surface area contributed by atoms with Gasteiger partial charge >= 0.3 is 11.9 Å². The van der Waals surface area contributed by atoms with Crippen molar-refractivity contribution in [2.24, 2.45) is 10.1 Å². The number of hydrogen-bond acceptors (Lipinski definition) is 7. The number of carbonyl (C=O) groups is 2. The first-order chi connectivity index (χ1) is 18.9. The minimum Gasteiger partial charge on any atom is -0.463 e. The second-order valence-electron chi connectivity index (χ2n) is 10.8. The predicted octanol–water partition coefficient (Wildman–Crippen LogP) is 7.47. The molecule has 0 aromatic heterocycles. The molecule has 1 aliphatic rings. The number of esters is 2. The van der Waals surface area contributed by atoms with E-state index in [1.54, 1.807) is 6.92 Å². The molecule has 0 saturated heterocycles.